The van der Waals surface area contributed by atoms with Gasteiger partial charge in [0.05, 0.1) is 24.7 Å². The van der Waals surface area contributed by atoms with Crippen LogP contribution in [0.1, 0.15) is 49.1 Å². The van der Waals surface area contributed by atoms with Crippen LogP contribution in [0.15, 0.2) is 71.8 Å². The molecule has 1 atom stereocenters. The highest BCUT2D eigenvalue weighted by molar-refractivity contribution is 5.99. The van der Waals surface area contributed by atoms with Gasteiger partial charge >= 0.3 is 6.18 Å². The lowest BCUT2D eigenvalue weighted by Gasteiger charge is -2.24. The lowest BCUT2D eigenvalue weighted by molar-refractivity contribution is -0.418. The largest absolute Gasteiger partial charge is 0.417 e. The van der Waals surface area contributed by atoms with Crippen molar-refractivity contribution in [3.8, 4) is 11.1 Å². The SMILES string of the molecule is CC(C)n1c(=O)c(-c2ccc(C3=[N+](C)C=CC3)cc2C(F)(F)F)cc2cnc(Nc3ccc(C4CNCCO4)cc3)nc21. The maximum absolute atomic E-state index is 14.4. The van der Waals surface area contributed by atoms with E-state index in [1.165, 1.54) is 22.9 Å². The van der Waals surface area contributed by atoms with Crippen LogP contribution < -0.4 is 16.2 Å². The van der Waals surface area contributed by atoms with Crippen molar-refractivity contribution in [1.29, 1.82) is 0 Å². The van der Waals surface area contributed by atoms with E-state index in [4.69, 9.17) is 4.74 Å². The van der Waals surface area contributed by atoms with Crippen LogP contribution in [0, 0.1) is 0 Å². The van der Waals surface area contributed by atoms with Crippen LogP contribution in [0.3, 0.4) is 0 Å². The van der Waals surface area contributed by atoms with Crippen molar-refractivity contribution in [2.24, 2.45) is 0 Å². The molecule has 2 aliphatic heterocycles. The Bertz CT molecular complexity index is 1800. The first-order chi connectivity index (χ1) is 20.6. The van der Waals surface area contributed by atoms with Crippen molar-refractivity contribution in [3.05, 3.63) is 94.0 Å². The van der Waals surface area contributed by atoms with Crippen molar-refractivity contribution in [2.45, 2.75) is 38.6 Å². The van der Waals surface area contributed by atoms with E-state index in [1.54, 1.807) is 31.5 Å². The summed E-state index contributed by atoms with van der Waals surface area (Å²) < 4.78 is 52.2. The van der Waals surface area contributed by atoms with Crippen molar-refractivity contribution >= 4 is 28.4 Å². The number of hydrogen-bond donors (Lipinski definition) is 2. The van der Waals surface area contributed by atoms with Crippen LogP contribution >= 0.6 is 0 Å². The molecule has 11 heteroatoms. The lowest BCUT2D eigenvalue weighted by atomic mass is 9.95. The van der Waals surface area contributed by atoms with E-state index < -0.39 is 17.3 Å². The van der Waals surface area contributed by atoms with Crippen LogP contribution in [0.5, 0.6) is 0 Å². The lowest BCUT2D eigenvalue weighted by Crippen LogP contribution is -2.33. The Morgan fingerprint density at radius 1 is 1.12 bits per heavy atom. The fourth-order valence-electron chi connectivity index (χ4n) is 5.61. The predicted molar refractivity (Wildman–Crippen MR) is 160 cm³/mol. The fraction of sp³-hybridized carbons (Fsp3) is 0.312. The van der Waals surface area contributed by atoms with E-state index in [9.17, 15) is 18.0 Å². The molecule has 0 amide bonds. The van der Waals surface area contributed by atoms with Gasteiger partial charge in [-0.2, -0.15) is 18.2 Å². The van der Waals surface area contributed by atoms with Gasteiger partial charge in [0.2, 0.25) is 5.95 Å². The summed E-state index contributed by atoms with van der Waals surface area (Å²) in [4.78, 5) is 22.9. The number of benzene rings is 2. The summed E-state index contributed by atoms with van der Waals surface area (Å²) in [5.74, 6) is 0.268. The van der Waals surface area contributed by atoms with E-state index >= 15 is 0 Å². The smallest absolute Gasteiger partial charge is 0.371 e. The summed E-state index contributed by atoms with van der Waals surface area (Å²) in [6.45, 7) is 5.84. The number of pyridine rings is 1. The predicted octanol–water partition coefficient (Wildman–Crippen LogP) is 5.81. The van der Waals surface area contributed by atoms with Crippen LogP contribution in [-0.4, -0.2) is 51.6 Å². The third kappa shape index (κ3) is 5.70. The molecular weight excluding hydrogens is 557 g/mol. The van der Waals surface area contributed by atoms with Crippen molar-refractivity contribution < 1.29 is 22.5 Å². The molecule has 1 saturated heterocycles. The molecule has 8 nitrogen and oxygen atoms in total. The average molecular weight is 590 g/mol. The van der Waals surface area contributed by atoms with Crippen LogP contribution in [0.25, 0.3) is 22.2 Å². The first kappa shape index (κ1) is 28.8. The minimum Gasteiger partial charge on any atom is -0.371 e. The Balaban J connectivity index is 1.38. The van der Waals surface area contributed by atoms with Crippen molar-refractivity contribution in [1.82, 2.24) is 19.9 Å². The molecule has 4 aromatic rings. The van der Waals surface area contributed by atoms with Gasteiger partial charge in [-0.25, -0.2) is 9.56 Å². The van der Waals surface area contributed by atoms with Crippen LogP contribution in [0.2, 0.25) is 0 Å². The minimum absolute atomic E-state index is 0.0109. The Labute approximate surface area is 246 Å². The van der Waals surface area contributed by atoms with Gasteiger partial charge < -0.3 is 15.4 Å². The summed E-state index contributed by atoms with van der Waals surface area (Å²) in [5.41, 5.74) is 1.71. The quantitative estimate of drug-likeness (QED) is 0.276. The maximum Gasteiger partial charge on any atom is 0.417 e. The topological polar surface area (TPSA) is 84.1 Å². The highest BCUT2D eigenvalue weighted by Gasteiger charge is 2.36. The summed E-state index contributed by atoms with van der Waals surface area (Å²) in [7, 11) is 1.80. The standard InChI is InChI=1S/C32H31F3N6O2/c1-19(2)41-29-22(17-37-31(39-29)38-23-9-6-20(7-10-23)28-18-36-12-14-43-28)15-25(30(41)42)24-11-8-21(16-26(24)32(33,34)35)27-5-4-13-40(27)3/h4,6-11,13,15-17,19,28,36H,5,12,14,18H2,1-3H3/p+1. The highest BCUT2D eigenvalue weighted by Crippen LogP contribution is 2.38. The first-order valence-electron chi connectivity index (χ1n) is 14.2. The normalized spacial score (nSPS) is 17.3. The summed E-state index contributed by atoms with van der Waals surface area (Å²) in [6, 6.07) is 13.0. The second-order valence-corrected chi connectivity index (χ2v) is 11.0. The Morgan fingerprint density at radius 2 is 1.91 bits per heavy atom. The third-order valence-corrected chi connectivity index (χ3v) is 7.77. The number of aromatic nitrogens is 3. The van der Waals surface area contributed by atoms with Gasteiger partial charge in [-0.15, -0.1) is 0 Å². The highest BCUT2D eigenvalue weighted by atomic mass is 19.4. The molecule has 6 rings (SSSR count). The Morgan fingerprint density at radius 3 is 2.56 bits per heavy atom. The van der Waals surface area contributed by atoms with Gasteiger partial charge in [-0.1, -0.05) is 18.2 Å². The molecule has 2 aliphatic rings. The number of alkyl halides is 3. The molecule has 0 bridgehead atoms. The second kappa shape index (κ2) is 11.4. The zero-order valence-corrected chi connectivity index (χ0v) is 24.1. The number of nitrogens with one attached hydrogen (secondary N) is 2. The number of halogens is 3. The molecule has 1 unspecified atom stereocenters. The van der Waals surface area contributed by atoms with E-state index in [2.05, 4.69) is 20.6 Å². The van der Waals surface area contributed by atoms with Gasteiger partial charge in [0.15, 0.2) is 11.9 Å². The van der Waals surface area contributed by atoms with Crippen molar-refractivity contribution in [3.63, 3.8) is 0 Å². The van der Waals surface area contributed by atoms with Gasteiger partial charge in [0.25, 0.3) is 5.56 Å². The molecule has 1 fully saturated rings. The van der Waals surface area contributed by atoms with E-state index in [0.717, 1.165) is 36.1 Å². The zero-order valence-electron chi connectivity index (χ0n) is 24.1. The molecule has 2 N–H and O–H groups in total. The Kier molecular flexibility index (Phi) is 7.61. The molecule has 0 saturated carbocycles. The molecule has 222 valence electrons. The number of ether oxygens (including phenoxy) is 1. The van der Waals surface area contributed by atoms with Crippen molar-refractivity contribution in [2.75, 3.05) is 32.1 Å². The van der Waals surface area contributed by atoms with Gasteiger partial charge in [0, 0.05) is 47.5 Å². The molecule has 4 heterocycles. The first-order valence-corrected chi connectivity index (χ1v) is 14.2. The van der Waals surface area contributed by atoms with Crippen LogP contribution in [0.4, 0.5) is 24.8 Å². The molecule has 2 aromatic heterocycles. The molecule has 0 radical (unpaired) electrons. The number of rotatable bonds is 6. The van der Waals surface area contributed by atoms with Crippen LogP contribution in [-0.2, 0) is 10.9 Å². The average Bonchev–Trinajstić information content (AvgIpc) is 3.42. The fourth-order valence-corrected chi connectivity index (χ4v) is 5.61. The minimum atomic E-state index is -4.67. The van der Waals surface area contributed by atoms with Gasteiger partial charge in [0.1, 0.15) is 12.7 Å². The monoisotopic (exact) mass is 589 g/mol. The molecular formula is C32H32F3N6O2+. The summed E-state index contributed by atoms with van der Waals surface area (Å²) in [5, 5.41) is 6.94. The summed E-state index contributed by atoms with van der Waals surface area (Å²) >= 11 is 0. The number of allylic oxidation sites excluding steroid dienone is 1. The number of anilines is 2. The molecule has 0 aliphatic carbocycles. The number of fused-ring (bicyclic) bond motifs is 1. The second-order valence-electron chi connectivity index (χ2n) is 11.0. The number of nitrogens with zero attached hydrogens (tertiary/aromatic N) is 4. The zero-order chi connectivity index (χ0) is 30.3. The maximum atomic E-state index is 14.4. The molecule has 43 heavy (non-hydrogen) atoms. The van der Waals surface area contributed by atoms with Gasteiger partial charge in [-0.05, 0) is 61.4 Å². The summed E-state index contributed by atoms with van der Waals surface area (Å²) in [6.07, 6.45) is 1.10. The Hall–Kier alpha value is -4.35. The number of morpholine rings is 1. The van der Waals surface area contributed by atoms with E-state index in [-0.39, 0.29) is 29.2 Å². The van der Waals surface area contributed by atoms with E-state index in [0.29, 0.717) is 29.6 Å². The molecule has 0 spiro atoms. The third-order valence-electron chi connectivity index (χ3n) is 7.77. The van der Waals surface area contributed by atoms with E-state index in [1.807, 2.05) is 36.5 Å². The molecule has 2 aromatic carbocycles. The number of hydrogen-bond acceptors (Lipinski definition) is 6. The van der Waals surface area contributed by atoms with Gasteiger partial charge in [-0.3, -0.25) is 9.36 Å².